The number of aromatic amines is 1. The third-order valence-corrected chi connectivity index (χ3v) is 5.71. The van der Waals surface area contributed by atoms with Gasteiger partial charge in [-0.2, -0.15) is 31.6 Å². The van der Waals surface area contributed by atoms with Crippen LogP contribution in [0.1, 0.15) is 17.5 Å². The highest BCUT2D eigenvalue weighted by Crippen LogP contribution is 2.31. The van der Waals surface area contributed by atoms with Crippen LogP contribution in [-0.2, 0) is 22.2 Å². The molecule has 0 radical (unpaired) electrons. The molecule has 0 aliphatic carbocycles. The Morgan fingerprint density at radius 2 is 1.90 bits per heavy atom. The van der Waals surface area contributed by atoms with Gasteiger partial charge in [0, 0.05) is 35.8 Å². The van der Waals surface area contributed by atoms with E-state index in [9.17, 15) is 35.5 Å². The first kappa shape index (κ1) is 30.2. The summed E-state index contributed by atoms with van der Waals surface area (Å²) in [5.41, 5.74) is 6.63. The van der Waals surface area contributed by atoms with Gasteiger partial charge in [-0.1, -0.05) is 0 Å². The molecule has 4 N–H and O–H groups in total. The van der Waals surface area contributed by atoms with Crippen LogP contribution in [0.25, 0.3) is 10.9 Å². The highest BCUT2D eigenvalue weighted by Gasteiger charge is 2.38. The van der Waals surface area contributed by atoms with Crippen molar-refractivity contribution in [3.05, 3.63) is 53.9 Å². The average Bonchev–Trinajstić information content (AvgIpc) is 3.45. The zero-order valence-corrected chi connectivity index (χ0v) is 20.1. The molecule has 3 atom stereocenters. The molecule has 0 spiro atoms. The van der Waals surface area contributed by atoms with Crippen molar-refractivity contribution in [2.75, 3.05) is 6.54 Å². The van der Waals surface area contributed by atoms with Crippen LogP contribution in [0.15, 0.2) is 42.7 Å². The fraction of sp³-hybridized carbons (Fsp3) is 0.333. The Bertz CT molecular complexity index is 1400. The number of carbonyl (C=O) groups is 2. The predicted octanol–water partition coefficient (Wildman–Crippen LogP) is 4.34. The summed E-state index contributed by atoms with van der Waals surface area (Å²) in [6.07, 6.45) is -8.35. The summed E-state index contributed by atoms with van der Waals surface area (Å²) in [5, 5.41) is 17.0. The van der Waals surface area contributed by atoms with Crippen LogP contribution in [0.5, 0.6) is 11.6 Å². The number of rotatable bonds is 5. The number of aliphatic carboxylic acids is 1. The quantitative estimate of drug-likeness (QED) is 0.384. The largest absolute Gasteiger partial charge is 0.490 e. The lowest BCUT2D eigenvalue weighted by Gasteiger charge is -2.23. The monoisotopic (exact) mass is 575 g/mol. The standard InChI is InChI=1S/C22H19F4N5O2.C2HF3O2/c23-14-6-15(8-27)31(11-14)21(32)18(28)5-12-9-29-19-3-2-16(7-17(12)19)33-20-4-1-13(10-30-20)22(24,25)26;3-2(4,5)1(6)7/h1-4,7,9-10,14-15,18,29H,5-6,11,28H2;(H,6,7)/t14-,15-,18-;/m0./s1. The highest BCUT2D eigenvalue weighted by molar-refractivity contribution is 5.87. The Balaban J connectivity index is 0.000000559. The van der Waals surface area contributed by atoms with Gasteiger partial charge in [-0.15, -0.1) is 0 Å². The Morgan fingerprint density at radius 1 is 1.23 bits per heavy atom. The number of ether oxygens (including phenoxy) is 1. The fourth-order valence-electron chi connectivity index (χ4n) is 3.81. The van der Waals surface area contributed by atoms with E-state index in [4.69, 9.17) is 25.6 Å². The van der Waals surface area contributed by atoms with Gasteiger partial charge < -0.3 is 25.5 Å². The molecular formula is C24H20F7N5O4. The minimum Gasteiger partial charge on any atom is -0.475 e. The summed E-state index contributed by atoms with van der Waals surface area (Å²) >= 11 is 0. The molecular weight excluding hydrogens is 555 g/mol. The summed E-state index contributed by atoms with van der Waals surface area (Å²) in [6, 6.07) is 7.11. The molecule has 0 saturated carbocycles. The maximum atomic E-state index is 13.7. The van der Waals surface area contributed by atoms with Crippen LogP contribution in [-0.4, -0.2) is 62.8 Å². The topological polar surface area (TPSA) is 145 Å². The molecule has 1 aliphatic rings. The van der Waals surface area contributed by atoms with Crippen molar-refractivity contribution in [1.82, 2.24) is 14.9 Å². The number of likely N-dealkylation sites (tertiary alicyclic amines) is 1. The summed E-state index contributed by atoms with van der Waals surface area (Å²) in [5.74, 6) is -2.94. The number of benzene rings is 1. The minimum absolute atomic E-state index is 0.0105. The van der Waals surface area contributed by atoms with E-state index < -0.39 is 48.0 Å². The number of nitrogens with two attached hydrogens (primary N) is 1. The molecule has 214 valence electrons. The average molecular weight is 575 g/mol. The fourth-order valence-corrected chi connectivity index (χ4v) is 3.81. The molecule has 1 amide bonds. The van der Waals surface area contributed by atoms with Crippen LogP contribution in [0.4, 0.5) is 30.7 Å². The Hall–Kier alpha value is -4.39. The van der Waals surface area contributed by atoms with Crippen molar-refractivity contribution in [3.8, 4) is 17.7 Å². The summed E-state index contributed by atoms with van der Waals surface area (Å²) in [7, 11) is 0. The number of nitriles is 1. The van der Waals surface area contributed by atoms with Crippen LogP contribution in [0.2, 0.25) is 0 Å². The van der Waals surface area contributed by atoms with Gasteiger partial charge in [0.05, 0.1) is 24.2 Å². The number of alkyl halides is 7. The van der Waals surface area contributed by atoms with Crippen LogP contribution in [0, 0.1) is 11.3 Å². The molecule has 0 bridgehead atoms. The van der Waals surface area contributed by atoms with Crippen LogP contribution >= 0.6 is 0 Å². The molecule has 3 heterocycles. The normalized spacial score (nSPS) is 18.0. The second-order valence-electron chi connectivity index (χ2n) is 8.59. The number of nitrogens with one attached hydrogen (secondary N) is 1. The second-order valence-corrected chi connectivity index (χ2v) is 8.59. The lowest BCUT2D eigenvalue weighted by atomic mass is 10.0. The predicted molar refractivity (Wildman–Crippen MR) is 124 cm³/mol. The molecule has 1 aliphatic heterocycles. The Labute approximate surface area is 220 Å². The number of aromatic nitrogens is 2. The third kappa shape index (κ3) is 7.38. The SMILES string of the molecule is N#C[C@@H]1C[C@H](F)CN1C(=O)[C@@H](N)Cc1c[nH]c2ccc(Oc3ccc(C(F)(F)F)cn3)cc12.O=C(O)C(F)(F)F. The maximum Gasteiger partial charge on any atom is 0.490 e. The van der Waals surface area contributed by atoms with E-state index in [0.29, 0.717) is 22.9 Å². The number of nitrogens with zero attached hydrogens (tertiary/aromatic N) is 3. The zero-order chi connectivity index (χ0) is 29.8. The summed E-state index contributed by atoms with van der Waals surface area (Å²) in [6.45, 7) is -0.156. The van der Waals surface area contributed by atoms with E-state index in [2.05, 4.69) is 9.97 Å². The van der Waals surface area contributed by atoms with Crippen molar-refractivity contribution in [1.29, 1.82) is 5.26 Å². The first-order valence-electron chi connectivity index (χ1n) is 11.3. The number of amides is 1. The maximum absolute atomic E-state index is 13.7. The van der Waals surface area contributed by atoms with E-state index in [0.717, 1.165) is 17.6 Å². The second kappa shape index (κ2) is 11.8. The number of fused-ring (bicyclic) bond motifs is 1. The Kier molecular flexibility index (Phi) is 8.88. The summed E-state index contributed by atoms with van der Waals surface area (Å²) < 4.78 is 89.1. The van der Waals surface area contributed by atoms with E-state index in [-0.39, 0.29) is 25.3 Å². The number of halogens is 7. The van der Waals surface area contributed by atoms with Gasteiger partial charge in [0.2, 0.25) is 11.8 Å². The van der Waals surface area contributed by atoms with Crippen molar-refractivity contribution < 1.29 is 50.2 Å². The molecule has 9 nitrogen and oxygen atoms in total. The Morgan fingerprint density at radius 3 is 2.45 bits per heavy atom. The molecule has 4 rings (SSSR count). The van der Waals surface area contributed by atoms with Gasteiger partial charge >= 0.3 is 18.3 Å². The third-order valence-electron chi connectivity index (χ3n) is 5.71. The number of pyridine rings is 1. The number of hydrogen-bond acceptors (Lipinski definition) is 6. The van der Waals surface area contributed by atoms with Crippen LogP contribution < -0.4 is 10.5 Å². The first-order valence-corrected chi connectivity index (χ1v) is 11.3. The van der Waals surface area contributed by atoms with Gasteiger partial charge in [0.15, 0.2) is 0 Å². The smallest absolute Gasteiger partial charge is 0.475 e. The molecule has 1 aromatic carbocycles. The van der Waals surface area contributed by atoms with E-state index in [1.54, 1.807) is 24.4 Å². The minimum atomic E-state index is -5.08. The van der Waals surface area contributed by atoms with Crippen molar-refractivity contribution in [3.63, 3.8) is 0 Å². The molecule has 16 heteroatoms. The van der Waals surface area contributed by atoms with E-state index in [1.165, 1.54) is 4.90 Å². The van der Waals surface area contributed by atoms with Gasteiger partial charge in [-0.25, -0.2) is 14.2 Å². The molecule has 3 aromatic rings. The van der Waals surface area contributed by atoms with Gasteiger partial charge in [-0.05, 0) is 36.2 Å². The summed E-state index contributed by atoms with van der Waals surface area (Å²) in [4.78, 5) is 29.5. The van der Waals surface area contributed by atoms with E-state index >= 15 is 0 Å². The van der Waals surface area contributed by atoms with Crippen molar-refractivity contribution in [2.24, 2.45) is 5.73 Å². The number of carbonyl (C=O) groups excluding carboxylic acids is 1. The molecule has 2 aromatic heterocycles. The molecule has 1 saturated heterocycles. The number of carboxylic acid groups (broad SMARTS) is 1. The van der Waals surface area contributed by atoms with Gasteiger partial charge in [-0.3, -0.25) is 4.79 Å². The highest BCUT2D eigenvalue weighted by atomic mass is 19.4. The molecule has 0 unspecified atom stereocenters. The molecule has 1 fully saturated rings. The molecule has 40 heavy (non-hydrogen) atoms. The van der Waals surface area contributed by atoms with Gasteiger partial charge in [0.25, 0.3) is 0 Å². The zero-order valence-electron chi connectivity index (χ0n) is 20.1. The number of hydrogen-bond donors (Lipinski definition) is 3. The number of carboxylic acids is 1. The van der Waals surface area contributed by atoms with Crippen molar-refractivity contribution in [2.45, 2.75) is 43.4 Å². The first-order chi connectivity index (χ1) is 18.6. The number of H-pyrrole nitrogens is 1. The lowest BCUT2D eigenvalue weighted by molar-refractivity contribution is -0.192. The van der Waals surface area contributed by atoms with Crippen LogP contribution in [0.3, 0.4) is 0 Å². The van der Waals surface area contributed by atoms with Gasteiger partial charge in [0.1, 0.15) is 18.0 Å². The van der Waals surface area contributed by atoms with Crippen molar-refractivity contribution >= 4 is 22.8 Å². The lowest BCUT2D eigenvalue weighted by Crippen LogP contribution is -2.46. The van der Waals surface area contributed by atoms with E-state index in [1.807, 2.05) is 6.07 Å².